The van der Waals surface area contributed by atoms with Crippen LogP contribution in [-0.2, 0) is 11.3 Å². The highest BCUT2D eigenvalue weighted by molar-refractivity contribution is 5.77. The van der Waals surface area contributed by atoms with Crippen LogP contribution in [0.2, 0.25) is 0 Å². The Kier molecular flexibility index (Phi) is 3.21. The Bertz CT molecular complexity index is 504. The van der Waals surface area contributed by atoms with E-state index in [0.717, 1.165) is 44.8 Å². The number of nitrogens with zero attached hydrogens (tertiary/aromatic N) is 4. The van der Waals surface area contributed by atoms with E-state index in [1.165, 1.54) is 32.1 Å². The summed E-state index contributed by atoms with van der Waals surface area (Å²) in [6.07, 6.45) is 8.01. The van der Waals surface area contributed by atoms with Crippen molar-refractivity contribution in [1.82, 2.24) is 19.9 Å². The van der Waals surface area contributed by atoms with Gasteiger partial charge in [-0.25, -0.2) is 0 Å². The van der Waals surface area contributed by atoms with E-state index >= 15 is 0 Å². The highest BCUT2D eigenvalue weighted by Gasteiger charge is 2.45. The van der Waals surface area contributed by atoms with Gasteiger partial charge in [-0.3, -0.25) is 9.69 Å². The number of carbonyl (C=O) groups excluding carboxylic acids is 1. The second-order valence-corrected chi connectivity index (χ2v) is 6.88. The molecule has 3 fully saturated rings. The van der Waals surface area contributed by atoms with Crippen molar-refractivity contribution >= 4 is 5.91 Å². The number of carbonyl (C=O) groups is 1. The third-order valence-electron chi connectivity index (χ3n) is 5.37. The van der Waals surface area contributed by atoms with Gasteiger partial charge in [-0.05, 0) is 50.6 Å². The summed E-state index contributed by atoms with van der Waals surface area (Å²) in [6, 6.07) is 0.562. The van der Waals surface area contributed by atoms with Gasteiger partial charge in [0, 0.05) is 19.0 Å². The molecule has 1 aromatic rings. The molecule has 2 aliphatic heterocycles. The molecule has 1 aromatic heterocycles. The highest BCUT2D eigenvalue weighted by atomic mass is 16.5. The predicted molar refractivity (Wildman–Crippen MR) is 75.2 cm³/mol. The Labute approximate surface area is 124 Å². The number of piperidine rings is 2. The van der Waals surface area contributed by atoms with E-state index in [1.54, 1.807) is 0 Å². The van der Waals surface area contributed by atoms with Crippen LogP contribution in [0.4, 0.5) is 0 Å². The average Bonchev–Trinajstić information content (AvgIpc) is 3.22. The Balaban J connectivity index is 1.36. The average molecular weight is 290 g/mol. The smallest absolute Gasteiger partial charge is 0.222 e. The lowest BCUT2D eigenvalue weighted by Gasteiger charge is -2.47. The fraction of sp³-hybridized carbons (Fsp3) is 0.800. The summed E-state index contributed by atoms with van der Waals surface area (Å²) < 4.78 is 4.79. The Morgan fingerprint density at radius 3 is 2.76 bits per heavy atom. The first-order chi connectivity index (χ1) is 10.2. The molecule has 0 atom stereocenters. The van der Waals surface area contributed by atoms with Crippen molar-refractivity contribution < 1.29 is 9.32 Å². The molecule has 0 radical (unpaired) electrons. The predicted octanol–water partition coefficient (Wildman–Crippen LogP) is 1.44. The SMILES string of the molecule is O=C1CCC2(CCN(Cc3ncon3)CC2)CN1C1CC1. The van der Waals surface area contributed by atoms with E-state index < -0.39 is 0 Å². The molecule has 0 bridgehead atoms. The van der Waals surface area contributed by atoms with E-state index in [-0.39, 0.29) is 0 Å². The molecule has 114 valence electrons. The van der Waals surface area contributed by atoms with Crippen molar-refractivity contribution in [3.05, 3.63) is 12.2 Å². The summed E-state index contributed by atoms with van der Waals surface area (Å²) in [5.74, 6) is 1.15. The van der Waals surface area contributed by atoms with E-state index in [9.17, 15) is 4.79 Å². The van der Waals surface area contributed by atoms with Gasteiger partial charge in [0.2, 0.25) is 12.3 Å². The van der Waals surface area contributed by atoms with Crippen molar-refractivity contribution in [1.29, 1.82) is 0 Å². The topological polar surface area (TPSA) is 62.5 Å². The van der Waals surface area contributed by atoms with Crippen molar-refractivity contribution in [2.45, 2.75) is 51.1 Å². The summed E-state index contributed by atoms with van der Waals surface area (Å²) in [5, 5.41) is 3.89. The van der Waals surface area contributed by atoms with Crippen LogP contribution in [-0.4, -0.2) is 51.5 Å². The molecule has 6 nitrogen and oxygen atoms in total. The van der Waals surface area contributed by atoms with Crippen LogP contribution in [0, 0.1) is 5.41 Å². The minimum absolute atomic E-state index is 0.365. The molecule has 1 spiro atoms. The Hall–Kier alpha value is -1.43. The zero-order chi connectivity index (χ0) is 14.3. The lowest BCUT2D eigenvalue weighted by molar-refractivity contribution is -0.139. The van der Waals surface area contributed by atoms with Crippen LogP contribution < -0.4 is 0 Å². The molecular weight excluding hydrogens is 268 g/mol. The molecule has 1 amide bonds. The fourth-order valence-electron chi connectivity index (χ4n) is 3.82. The Morgan fingerprint density at radius 2 is 2.10 bits per heavy atom. The number of aromatic nitrogens is 2. The number of rotatable bonds is 3. The second-order valence-electron chi connectivity index (χ2n) is 6.88. The maximum absolute atomic E-state index is 12.1. The van der Waals surface area contributed by atoms with Gasteiger partial charge in [0.25, 0.3) is 0 Å². The molecule has 0 aromatic carbocycles. The van der Waals surface area contributed by atoms with Gasteiger partial charge in [-0.2, -0.15) is 4.98 Å². The molecule has 3 aliphatic rings. The molecule has 0 N–H and O–H groups in total. The van der Waals surface area contributed by atoms with E-state index in [4.69, 9.17) is 4.52 Å². The first kappa shape index (κ1) is 13.2. The quantitative estimate of drug-likeness (QED) is 0.843. The van der Waals surface area contributed by atoms with Crippen LogP contribution in [0.15, 0.2) is 10.9 Å². The monoisotopic (exact) mass is 290 g/mol. The standard InChI is InChI=1S/C15H22N4O2/c20-14-3-4-15(10-19(14)12-1-2-12)5-7-18(8-6-15)9-13-16-11-21-17-13/h11-12H,1-10H2. The second kappa shape index (κ2) is 5.09. The first-order valence-corrected chi connectivity index (χ1v) is 8.01. The Morgan fingerprint density at radius 1 is 1.29 bits per heavy atom. The molecule has 0 unspecified atom stereocenters. The number of amides is 1. The highest BCUT2D eigenvalue weighted by Crippen LogP contribution is 2.43. The van der Waals surface area contributed by atoms with Crippen LogP contribution >= 0.6 is 0 Å². The lowest BCUT2D eigenvalue weighted by Crippen LogP contribution is -2.52. The zero-order valence-corrected chi connectivity index (χ0v) is 12.3. The van der Waals surface area contributed by atoms with Gasteiger partial charge >= 0.3 is 0 Å². The maximum Gasteiger partial charge on any atom is 0.222 e. The molecule has 6 heteroatoms. The van der Waals surface area contributed by atoms with Crippen molar-refractivity contribution in [3.8, 4) is 0 Å². The van der Waals surface area contributed by atoms with Gasteiger partial charge < -0.3 is 9.42 Å². The molecular formula is C15H22N4O2. The summed E-state index contributed by atoms with van der Waals surface area (Å²) >= 11 is 0. The normalized spacial score (nSPS) is 26.5. The van der Waals surface area contributed by atoms with Crippen LogP contribution in [0.1, 0.15) is 44.3 Å². The van der Waals surface area contributed by atoms with Crippen molar-refractivity contribution in [2.24, 2.45) is 5.41 Å². The minimum Gasteiger partial charge on any atom is -0.343 e. The van der Waals surface area contributed by atoms with Gasteiger partial charge in [0.15, 0.2) is 5.82 Å². The van der Waals surface area contributed by atoms with Crippen molar-refractivity contribution in [3.63, 3.8) is 0 Å². The molecule has 21 heavy (non-hydrogen) atoms. The first-order valence-electron chi connectivity index (χ1n) is 8.01. The summed E-state index contributed by atoms with van der Waals surface area (Å²) in [7, 11) is 0. The summed E-state index contributed by atoms with van der Waals surface area (Å²) in [5.41, 5.74) is 0.365. The molecule has 2 saturated heterocycles. The van der Waals surface area contributed by atoms with Gasteiger partial charge in [0.1, 0.15) is 0 Å². The molecule has 1 saturated carbocycles. The molecule has 4 rings (SSSR count). The van der Waals surface area contributed by atoms with Gasteiger partial charge in [-0.1, -0.05) is 5.16 Å². The van der Waals surface area contributed by atoms with Gasteiger partial charge in [-0.15, -0.1) is 0 Å². The summed E-state index contributed by atoms with van der Waals surface area (Å²) in [4.78, 5) is 20.7. The number of hydrogen-bond acceptors (Lipinski definition) is 5. The van der Waals surface area contributed by atoms with Crippen LogP contribution in [0.5, 0.6) is 0 Å². The van der Waals surface area contributed by atoms with E-state index in [2.05, 4.69) is 19.9 Å². The van der Waals surface area contributed by atoms with Gasteiger partial charge in [0.05, 0.1) is 6.54 Å². The third-order valence-corrected chi connectivity index (χ3v) is 5.37. The molecule has 3 heterocycles. The molecule has 1 aliphatic carbocycles. The van der Waals surface area contributed by atoms with E-state index in [1.807, 2.05) is 0 Å². The third kappa shape index (κ3) is 2.69. The summed E-state index contributed by atoms with van der Waals surface area (Å²) in [6.45, 7) is 3.91. The fourth-order valence-corrected chi connectivity index (χ4v) is 3.82. The van der Waals surface area contributed by atoms with E-state index in [0.29, 0.717) is 17.4 Å². The minimum atomic E-state index is 0.365. The zero-order valence-electron chi connectivity index (χ0n) is 12.3. The number of hydrogen-bond donors (Lipinski definition) is 0. The van der Waals surface area contributed by atoms with Crippen LogP contribution in [0.3, 0.4) is 0 Å². The van der Waals surface area contributed by atoms with Crippen LogP contribution in [0.25, 0.3) is 0 Å². The number of likely N-dealkylation sites (tertiary alicyclic amines) is 2. The maximum atomic E-state index is 12.1. The van der Waals surface area contributed by atoms with Crippen molar-refractivity contribution in [2.75, 3.05) is 19.6 Å². The lowest BCUT2D eigenvalue weighted by atomic mass is 9.72. The largest absolute Gasteiger partial charge is 0.343 e.